The van der Waals surface area contributed by atoms with E-state index in [1.165, 1.54) is 14.2 Å². The molecule has 2 fully saturated rings. The average molecular weight is 820 g/mol. The van der Waals surface area contributed by atoms with Crippen molar-refractivity contribution in [3.8, 4) is 0 Å². The van der Waals surface area contributed by atoms with E-state index < -0.39 is 69.3 Å². The molecule has 1 aromatic carbocycles. The van der Waals surface area contributed by atoms with Crippen molar-refractivity contribution in [3.05, 3.63) is 35.9 Å². The molecule has 0 unspecified atom stereocenters. The minimum atomic E-state index is -3.85. The number of Topliss-reactive ketones (excluding diaryl/α,β-unsaturated/α-hetero) is 1. The molecule has 0 radical (unpaired) electrons. The number of methoxy groups -OCH3 is 2. The molecule has 1 aliphatic carbocycles. The Labute approximate surface area is 341 Å². The minimum absolute atomic E-state index is 0.0142. The summed E-state index contributed by atoms with van der Waals surface area (Å²) in [5, 5.41) is 5.26. The molecule has 0 spiro atoms. The maximum absolute atomic E-state index is 14.2. The number of nitrogens with zero attached hydrogens (tertiary/aromatic N) is 2. The molecule has 15 heteroatoms. The van der Waals surface area contributed by atoms with Crippen molar-refractivity contribution in [3.63, 3.8) is 0 Å². The highest BCUT2D eigenvalue weighted by Crippen LogP contribution is 2.31. The number of nitrogens with one attached hydrogen (secondary N) is 3. The summed E-state index contributed by atoms with van der Waals surface area (Å²) >= 11 is 0. The molecule has 1 saturated heterocycles. The number of rotatable bonds is 23. The average Bonchev–Trinajstić information content (AvgIpc) is 3.92. The van der Waals surface area contributed by atoms with E-state index in [4.69, 9.17) is 9.47 Å². The molecule has 0 bridgehead atoms. The SMILES string of the molecule is CN[C@H](C(=O)C[C@H](C(=O)N(C)[C@@H](C(C)C)[C@@H](CC(=O)N1CCC[C@H]1[C@H](OC)[C@@H](C)C(=O)N[C@@H](Cc1ccccc1)C(=O)NS(=O)(=O)C1CC1)OC)C(C)C)C(C)C. The number of hydrogen-bond acceptors (Lipinski definition) is 10. The van der Waals surface area contributed by atoms with Crippen molar-refractivity contribution in [2.45, 2.75) is 135 Å². The Morgan fingerprint density at radius 2 is 1.49 bits per heavy atom. The third-order valence-corrected chi connectivity index (χ3v) is 13.5. The predicted molar refractivity (Wildman–Crippen MR) is 219 cm³/mol. The largest absolute Gasteiger partial charge is 0.379 e. The lowest BCUT2D eigenvalue weighted by atomic mass is 9.84. The van der Waals surface area contributed by atoms with E-state index in [9.17, 15) is 32.4 Å². The zero-order valence-corrected chi connectivity index (χ0v) is 36.8. The molecule has 14 nitrogen and oxygen atoms in total. The van der Waals surface area contributed by atoms with Gasteiger partial charge in [0.15, 0.2) is 5.78 Å². The summed E-state index contributed by atoms with van der Waals surface area (Å²) in [6.45, 7) is 13.9. The van der Waals surface area contributed by atoms with Gasteiger partial charge >= 0.3 is 0 Å². The van der Waals surface area contributed by atoms with Crippen LogP contribution >= 0.6 is 0 Å². The van der Waals surface area contributed by atoms with Crippen LogP contribution < -0.4 is 15.4 Å². The number of ether oxygens (including phenoxy) is 2. The lowest BCUT2D eigenvalue weighted by molar-refractivity contribution is -0.149. The molecule has 0 aromatic heterocycles. The van der Waals surface area contributed by atoms with Gasteiger partial charge in [-0.1, -0.05) is 78.8 Å². The number of likely N-dealkylation sites (N-methyl/N-ethyl adjacent to an activating group) is 2. The highest BCUT2D eigenvalue weighted by Gasteiger charge is 2.44. The van der Waals surface area contributed by atoms with E-state index in [0.29, 0.717) is 32.2 Å². The lowest BCUT2D eigenvalue weighted by Gasteiger charge is -2.40. The van der Waals surface area contributed by atoms with Gasteiger partial charge in [-0.25, -0.2) is 8.42 Å². The van der Waals surface area contributed by atoms with E-state index >= 15 is 0 Å². The number of hydrogen-bond donors (Lipinski definition) is 3. The highest BCUT2D eigenvalue weighted by atomic mass is 32.2. The van der Waals surface area contributed by atoms with E-state index in [2.05, 4.69) is 15.4 Å². The van der Waals surface area contributed by atoms with E-state index in [1.807, 2.05) is 47.6 Å². The summed E-state index contributed by atoms with van der Waals surface area (Å²) in [7, 11) is 2.62. The molecule has 3 N–H and O–H groups in total. The molecule has 3 rings (SSSR count). The third kappa shape index (κ3) is 12.8. The Morgan fingerprint density at radius 1 is 0.860 bits per heavy atom. The minimum Gasteiger partial charge on any atom is -0.379 e. The van der Waals surface area contributed by atoms with Gasteiger partial charge < -0.3 is 29.9 Å². The Balaban J connectivity index is 1.77. The number of likely N-dealkylation sites (tertiary alicyclic amines) is 1. The standard InChI is InChI=1S/C42H69N5O9S/c1-25(2)31(23-34(48)37(43-8)26(3)4)42(52)46(9)38(27(5)6)35(55-10)24-36(49)47-21-15-18-33(47)39(56-11)28(7)40(50)44-32(22-29-16-13-12-14-17-29)41(51)45-57(53,54)30-19-20-30/h12-14,16-17,25-28,30-33,35,37-39,43H,15,18-24H2,1-11H3,(H,44,50)(H,45,51)/t28-,31+,32+,33+,35-,37+,38+,39-/m1/s1. The number of ketones is 1. The summed E-state index contributed by atoms with van der Waals surface area (Å²) in [6, 6.07) is 6.55. The summed E-state index contributed by atoms with van der Waals surface area (Å²) in [5.74, 6) is -3.21. The maximum atomic E-state index is 14.2. The van der Waals surface area contributed by atoms with Crippen molar-refractivity contribution in [2.75, 3.05) is 34.9 Å². The third-order valence-electron chi connectivity index (χ3n) is 11.7. The van der Waals surface area contributed by atoms with Crippen LogP contribution in [-0.4, -0.2) is 124 Å². The fourth-order valence-electron chi connectivity index (χ4n) is 8.31. The Morgan fingerprint density at radius 3 is 2.00 bits per heavy atom. The van der Waals surface area contributed by atoms with Gasteiger partial charge in [0.2, 0.25) is 27.7 Å². The molecule has 57 heavy (non-hydrogen) atoms. The van der Waals surface area contributed by atoms with Crippen molar-refractivity contribution < 1.29 is 41.9 Å². The first-order valence-electron chi connectivity index (χ1n) is 20.5. The molecule has 1 aromatic rings. The number of benzene rings is 1. The smallest absolute Gasteiger partial charge is 0.256 e. The van der Waals surface area contributed by atoms with Crippen LogP contribution in [0.5, 0.6) is 0 Å². The number of carbonyl (C=O) groups excluding carboxylic acids is 5. The fraction of sp³-hybridized carbons (Fsp3) is 0.738. The second-order valence-electron chi connectivity index (χ2n) is 16.9. The second kappa shape index (κ2) is 21.6. The van der Waals surface area contributed by atoms with E-state index in [1.54, 1.807) is 55.1 Å². The quantitative estimate of drug-likeness (QED) is 0.148. The van der Waals surface area contributed by atoms with Gasteiger partial charge in [0.1, 0.15) is 6.04 Å². The highest BCUT2D eigenvalue weighted by molar-refractivity contribution is 7.90. The molecule has 2 aliphatic rings. The number of carbonyl (C=O) groups is 5. The van der Waals surface area contributed by atoms with Gasteiger partial charge in [0.05, 0.1) is 47.9 Å². The summed E-state index contributed by atoms with van der Waals surface area (Å²) in [6.07, 6.45) is 0.965. The molecule has 4 amide bonds. The first kappa shape index (κ1) is 48.0. The summed E-state index contributed by atoms with van der Waals surface area (Å²) in [5.41, 5.74) is 0.742. The Bertz CT molecular complexity index is 1620. The molecule has 1 heterocycles. The van der Waals surface area contributed by atoms with Crippen LogP contribution in [0.2, 0.25) is 0 Å². The van der Waals surface area contributed by atoms with Crippen molar-refractivity contribution in [1.82, 2.24) is 25.2 Å². The molecular weight excluding hydrogens is 751 g/mol. The molecule has 1 aliphatic heterocycles. The zero-order chi connectivity index (χ0) is 42.8. The molecule has 1 saturated carbocycles. The van der Waals surface area contributed by atoms with Crippen molar-refractivity contribution >= 4 is 39.4 Å². The van der Waals surface area contributed by atoms with Crippen molar-refractivity contribution in [1.29, 1.82) is 0 Å². The second-order valence-corrected chi connectivity index (χ2v) is 18.9. The van der Waals surface area contributed by atoms with Crippen LogP contribution in [0.4, 0.5) is 0 Å². The van der Waals surface area contributed by atoms with Crippen LogP contribution in [0.3, 0.4) is 0 Å². The predicted octanol–water partition coefficient (Wildman–Crippen LogP) is 3.33. The fourth-order valence-corrected chi connectivity index (χ4v) is 9.65. The number of sulfonamides is 1. The normalized spacial score (nSPS) is 19.8. The maximum Gasteiger partial charge on any atom is 0.256 e. The van der Waals surface area contributed by atoms with Crippen LogP contribution in [0, 0.1) is 29.6 Å². The van der Waals surface area contributed by atoms with E-state index in [0.717, 1.165) is 5.56 Å². The van der Waals surface area contributed by atoms with Gasteiger partial charge in [-0.2, -0.15) is 0 Å². The van der Waals surface area contributed by atoms with Crippen molar-refractivity contribution in [2.24, 2.45) is 29.6 Å². The molecule has 322 valence electrons. The lowest BCUT2D eigenvalue weighted by Crippen LogP contribution is -2.55. The van der Waals surface area contributed by atoms with Crippen LogP contribution in [0.15, 0.2) is 30.3 Å². The van der Waals surface area contributed by atoms with Crippen LogP contribution in [0.25, 0.3) is 0 Å². The monoisotopic (exact) mass is 819 g/mol. The zero-order valence-electron chi connectivity index (χ0n) is 35.9. The molecule has 8 atom stereocenters. The Hall–Kier alpha value is -3.40. The van der Waals surface area contributed by atoms with Crippen LogP contribution in [0.1, 0.15) is 92.6 Å². The topological polar surface area (TPSA) is 181 Å². The van der Waals surface area contributed by atoms with Gasteiger partial charge in [-0.05, 0) is 56.0 Å². The van der Waals surface area contributed by atoms with Gasteiger partial charge in [-0.3, -0.25) is 28.7 Å². The van der Waals surface area contributed by atoms with Gasteiger partial charge in [-0.15, -0.1) is 0 Å². The Kier molecular flexibility index (Phi) is 18.1. The number of amides is 4. The van der Waals surface area contributed by atoms with Gasteiger partial charge in [0, 0.05) is 46.6 Å². The van der Waals surface area contributed by atoms with E-state index in [-0.39, 0.29) is 60.7 Å². The van der Waals surface area contributed by atoms with Gasteiger partial charge in [0.25, 0.3) is 5.91 Å². The summed E-state index contributed by atoms with van der Waals surface area (Å²) in [4.78, 5) is 72.2. The molecular formula is C42H69N5O9S. The summed E-state index contributed by atoms with van der Waals surface area (Å²) < 4.78 is 39.4. The van der Waals surface area contributed by atoms with Crippen LogP contribution in [-0.2, 0) is 49.9 Å². The first-order chi connectivity index (χ1) is 26.8. The first-order valence-corrected chi connectivity index (χ1v) is 22.0.